The normalized spacial score (nSPS) is 11.3. The molecule has 0 saturated heterocycles. The number of carbonyl (C=O) groups is 1. The van der Waals surface area contributed by atoms with Gasteiger partial charge in [-0.05, 0) is 89.7 Å². The second-order valence-electron chi connectivity index (χ2n) is 6.93. The van der Waals surface area contributed by atoms with E-state index < -0.39 is 10.0 Å². The van der Waals surface area contributed by atoms with Crippen molar-refractivity contribution in [3.8, 4) is 0 Å². The maximum atomic E-state index is 12.6. The molecule has 0 aromatic heterocycles. The highest BCUT2D eigenvalue weighted by Crippen LogP contribution is 2.29. The number of nitrogens with one attached hydrogen (secondary N) is 1. The van der Waals surface area contributed by atoms with Gasteiger partial charge in [0, 0.05) is 30.4 Å². The van der Waals surface area contributed by atoms with E-state index in [1.54, 1.807) is 42.5 Å². The summed E-state index contributed by atoms with van der Waals surface area (Å²) in [6, 6.07) is 17.1. The molecular formula is C22H19Cl2IN2O3S. The van der Waals surface area contributed by atoms with Crippen LogP contribution >= 0.6 is 45.8 Å². The molecule has 0 aliphatic heterocycles. The molecule has 9 heteroatoms. The van der Waals surface area contributed by atoms with Crippen LogP contribution in [0.5, 0.6) is 0 Å². The minimum Gasteiger partial charge on any atom is -0.322 e. The molecule has 0 heterocycles. The molecule has 5 nitrogen and oxygen atoms in total. The summed E-state index contributed by atoms with van der Waals surface area (Å²) >= 11 is 14.6. The molecule has 0 unspecified atom stereocenters. The smallest absolute Gasteiger partial charge is 0.255 e. The van der Waals surface area contributed by atoms with Gasteiger partial charge in [-0.25, -0.2) is 8.42 Å². The van der Waals surface area contributed by atoms with E-state index in [9.17, 15) is 13.2 Å². The third-order valence-electron chi connectivity index (χ3n) is 4.62. The summed E-state index contributed by atoms with van der Waals surface area (Å²) < 4.78 is 27.2. The van der Waals surface area contributed by atoms with Crippen molar-refractivity contribution in [3.05, 3.63) is 91.0 Å². The summed E-state index contributed by atoms with van der Waals surface area (Å²) in [5, 5.41) is 3.64. The van der Waals surface area contributed by atoms with E-state index in [4.69, 9.17) is 23.2 Å². The van der Waals surface area contributed by atoms with Gasteiger partial charge in [0.25, 0.3) is 5.91 Å². The Balaban J connectivity index is 1.85. The van der Waals surface area contributed by atoms with E-state index >= 15 is 0 Å². The van der Waals surface area contributed by atoms with Gasteiger partial charge in [-0.2, -0.15) is 0 Å². The number of hydrogen-bond acceptors (Lipinski definition) is 3. The Morgan fingerprint density at radius 3 is 2.19 bits per heavy atom. The summed E-state index contributed by atoms with van der Waals surface area (Å²) in [6.07, 6.45) is 1.11. The first-order valence-corrected chi connectivity index (χ1v) is 12.8. The SMILES string of the molecule is Cc1cc(I)ccc1NC(=O)c1ccc(N(Cc2c(Cl)cccc2Cl)S(C)(=O)=O)cc1. The van der Waals surface area contributed by atoms with Gasteiger partial charge in [-0.3, -0.25) is 9.10 Å². The lowest BCUT2D eigenvalue weighted by Gasteiger charge is -2.23. The highest BCUT2D eigenvalue weighted by atomic mass is 127. The number of rotatable bonds is 6. The van der Waals surface area contributed by atoms with Crippen molar-refractivity contribution in [1.29, 1.82) is 0 Å². The van der Waals surface area contributed by atoms with Crippen molar-refractivity contribution >= 4 is 73.1 Å². The van der Waals surface area contributed by atoms with Crippen LogP contribution in [0.15, 0.2) is 60.7 Å². The molecule has 1 amide bonds. The van der Waals surface area contributed by atoms with Gasteiger partial charge in [0.15, 0.2) is 0 Å². The Hall–Kier alpha value is -1.81. The zero-order valence-corrected chi connectivity index (χ0v) is 21.2. The van der Waals surface area contributed by atoms with Gasteiger partial charge in [0.2, 0.25) is 10.0 Å². The molecule has 3 aromatic rings. The van der Waals surface area contributed by atoms with Crippen molar-refractivity contribution in [2.75, 3.05) is 15.9 Å². The van der Waals surface area contributed by atoms with Crippen molar-refractivity contribution in [2.45, 2.75) is 13.5 Å². The number of hydrogen-bond donors (Lipinski definition) is 1. The van der Waals surface area contributed by atoms with Crippen LogP contribution in [-0.4, -0.2) is 20.6 Å². The monoisotopic (exact) mass is 588 g/mol. The minimum atomic E-state index is -3.63. The average Bonchev–Trinajstić information content (AvgIpc) is 2.69. The van der Waals surface area contributed by atoms with Crippen LogP contribution in [0.3, 0.4) is 0 Å². The third-order valence-corrected chi connectivity index (χ3v) is 7.14. The molecule has 3 aromatic carbocycles. The van der Waals surface area contributed by atoms with Crippen LogP contribution < -0.4 is 9.62 Å². The van der Waals surface area contributed by atoms with Crippen LogP contribution in [0.4, 0.5) is 11.4 Å². The molecule has 0 spiro atoms. The summed E-state index contributed by atoms with van der Waals surface area (Å²) in [5.74, 6) is -0.282. The van der Waals surface area contributed by atoms with E-state index in [1.165, 1.54) is 4.31 Å². The fraction of sp³-hybridized carbons (Fsp3) is 0.136. The number of carbonyl (C=O) groups excluding carboxylic acids is 1. The van der Waals surface area contributed by atoms with Crippen LogP contribution in [0.25, 0.3) is 0 Å². The van der Waals surface area contributed by atoms with Gasteiger partial charge < -0.3 is 5.32 Å². The molecule has 0 aliphatic rings. The topological polar surface area (TPSA) is 66.5 Å². The quantitative estimate of drug-likeness (QED) is 0.353. The second kappa shape index (κ2) is 9.77. The maximum Gasteiger partial charge on any atom is 0.255 e. The lowest BCUT2D eigenvalue weighted by molar-refractivity contribution is 0.102. The number of amides is 1. The van der Waals surface area contributed by atoms with Crippen LogP contribution in [0, 0.1) is 10.5 Å². The van der Waals surface area contributed by atoms with E-state index in [-0.39, 0.29) is 12.5 Å². The summed E-state index contributed by atoms with van der Waals surface area (Å²) in [7, 11) is -3.63. The average molecular weight is 589 g/mol. The standard InChI is InChI=1S/C22H19Cl2IN2O3S/c1-14-12-16(25)8-11-21(14)26-22(28)15-6-9-17(10-7-15)27(31(2,29)30)13-18-19(23)4-3-5-20(18)24/h3-12H,13H2,1-2H3,(H,26,28). The number of nitrogens with zero attached hydrogens (tertiary/aromatic N) is 1. The molecule has 0 aliphatic carbocycles. The molecule has 3 rings (SSSR count). The maximum absolute atomic E-state index is 12.6. The number of anilines is 2. The van der Waals surface area contributed by atoms with Crippen LogP contribution in [-0.2, 0) is 16.6 Å². The van der Waals surface area contributed by atoms with Gasteiger partial charge >= 0.3 is 0 Å². The van der Waals surface area contributed by atoms with E-state index in [1.807, 2.05) is 25.1 Å². The summed E-state index contributed by atoms with van der Waals surface area (Å²) in [4.78, 5) is 12.6. The van der Waals surface area contributed by atoms with Gasteiger partial charge in [0.1, 0.15) is 0 Å². The molecular weight excluding hydrogens is 570 g/mol. The van der Waals surface area contributed by atoms with Crippen molar-refractivity contribution in [1.82, 2.24) is 0 Å². The molecule has 0 saturated carbocycles. The molecule has 0 bridgehead atoms. The van der Waals surface area contributed by atoms with Crippen molar-refractivity contribution < 1.29 is 13.2 Å². The number of halogens is 3. The highest BCUT2D eigenvalue weighted by molar-refractivity contribution is 14.1. The fourth-order valence-corrected chi connectivity index (χ4v) is 5.00. The zero-order chi connectivity index (χ0) is 22.8. The van der Waals surface area contributed by atoms with E-state index in [2.05, 4.69) is 27.9 Å². The molecule has 31 heavy (non-hydrogen) atoms. The first-order valence-electron chi connectivity index (χ1n) is 9.14. The number of aryl methyl sites for hydroxylation is 1. The Morgan fingerprint density at radius 1 is 1.03 bits per heavy atom. The fourth-order valence-electron chi connectivity index (χ4n) is 2.97. The Labute approximate surface area is 205 Å². The predicted molar refractivity (Wildman–Crippen MR) is 136 cm³/mol. The first-order chi connectivity index (χ1) is 14.6. The number of benzene rings is 3. The Bertz CT molecular complexity index is 1210. The number of sulfonamides is 1. The van der Waals surface area contributed by atoms with Gasteiger partial charge in [0.05, 0.1) is 18.5 Å². The Morgan fingerprint density at radius 2 is 1.65 bits per heavy atom. The van der Waals surface area contributed by atoms with Crippen LogP contribution in [0.2, 0.25) is 10.0 Å². The van der Waals surface area contributed by atoms with E-state index in [0.717, 1.165) is 21.1 Å². The lowest BCUT2D eigenvalue weighted by atomic mass is 10.1. The second-order valence-corrected chi connectivity index (χ2v) is 10.9. The van der Waals surface area contributed by atoms with Gasteiger partial charge in [-0.15, -0.1) is 0 Å². The van der Waals surface area contributed by atoms with Gasteiger partial charge in [-0.1, -0.05) is 29.3 Å². The summed E-state index contributed by atoms with van der Waals surface area (Å²) in [5.41, 5.74) is 3.00. The third kappa shape index (κ3) is 5.91. The Kier molecular flexibility index (Phi) is 7.51. The van der Waals surface area contributed by atoms with E-state index in [0.29, 0.717) is 26.9 Å². The molecule has 0 atom stereocenters. The minimum absolute atomic E-state index is 0.0231. The highest BCUT2D eigenvalue weighted by Gasteiger charge is 2.21. The predicted octanol–water partition coefficient (Wildman–Crippen LogP) is 6.12. The first kappa shape index (κ1) is 23.8. The molecule has 0 fully saturated rings. The molecule has 0 radical (unpaired) electrons. The molecule has 162 valence electrons. The molecule has 1 N–H and O–H groups in total. The zero-order valence-electron chi connectivity index (χ0n) is 16.7. The largest absolute Gasteiger partial charge is 0.322 e. The lowest BCUT2D eigenvalue weighted by Crippen LogP contribution is -2.29. The summed E-state index contributed by atoms with van der Waals surface area (Å²) in [6.45, 7) is 1.90. The van der Waals surface area contributed by atoms with Crippen molar-refractivity contribution in [2.24, 2.45) is 0 Å². The van der Waals surface area contributed by atoms with Crippen LogP contribution in [0.1, 0.15) is 21.5 Å². The van der Waals surface area contributed by atoms with Crippen molar-refractivity contribution in [3.63, 3.8) is 0 Å².